The zero-order valence-corrected chi connectivity index (χ0v) is 15.8. The van der Waals surface area contributed by atoms with Crippen LogP contribution in [0.25, 0.3) is 22.4 Å². The Kier molecular flexibility index (Phi) is 3.54. The normalized spacial score (nSPS) is 18.6. The van der Waals surface area contributed by atoms with Crippen molar-refractivity contribution in [2.45, 2.75) is 38.5 Å². The summed E-state index contributed by atoms with van der Waals surface area (Å²) < 4.78 is 0. The third kappa shape index (κ3) is 2.78. The van der Waals surface area contributed by atoms with Gasteiger partial charge in [-0.1, -0.05) is 13.8 Å². The number of rotatable bonds is 2. The Hall–Kier alpha value is -2.82. The SMILES string of the molecule is CC1(C)CC(=O)Nc2cc3nc(-c4ccc(N5CCCC5)cc4)[nH]c3cc21. The largest absolute Gasteiger partial charge is 0.372 e. The van der Waals surface area contributed by atoms with Crippen LogP contribution in [0.3, 0.4) is 0 Å². The standard InChI is InChI=1S/C22H24N4O/c1-22(2)13-20(27)23-17-12-19-18(11-16(17)22)24-21(25-19)14-5-7-15(8-6-14)26-9-3-4-10-26/h5-8,11-12H,3-4,9-10,13H2,1-2H3,(H,23,27)(H,24,25). The van der Waals surface area contributed by atoms with Gasteiger partial charge in [0.15, 0.2) is 0 Å². The van der Waals surface area contributed by atoms with Gasteiger partial charge in [0.2, 0.25) is 5.91 Å². The number of carbonyl (C=O) groups excluding carboxylic acids is 1. The van der Waals surface area contributed by atoms with Crippen LogP contribution < -0.4 is 10.2 Å². The molecule has 3 heterocycles. The Morgan fingerprint density at radius 1 is 1.07 bits per heavy atom. The summed E-state index contributed by atoms with van der Waals surface area (Å²) in [5.74, 6) is 0.935. The number of carbonyl (C=O) groups is 1. The van der Waals surface area contributed by atoms with Crippen molar-refractivity contribution in [3.63, 3.8) is 0 Å². The molecule has 0 aliphatic carbocycles. The van der Waals surface area contributed by atoms with E-state index in [0.717, 1.165) is 46.8 Å². The first-order chi connectivity index (χ1) is 13.0. The second-order valence-corrected chi connectivity index (χ2v) is 8.35. The van der Waals surface area contributed by atoms with Gasteiger partial charge in [-0.15, -0.1) is 0 Å². The zero-order valence-electron chi connectivity index (χ0n) is 15.8. The van der Waals surface area contributed by atoms with Gasteiger partial charge in [0.25, 0.3) is 0 Å². The molecule has 27 heavy (non-hydrogen) atoms. The van der Waals surface area contributed by atoms with Crippen molar-refractivity contribution in [1.82, 2.24) is 9.97 Å². The highest BCUT2D eigenvalue weighted by Crippen LogP contribution is 2.39. The van der Waals surface area contributed by atoms with Crippen molar-refractivity contribution >= 4 is 28.3 Å². The highest BCUT2D eigenvalue weighted by molar-refractivity contribution is 5.98. The molecule has 0 saturated carbocycles. The van der Waals surface area contributed by atoms with E-state index in [9.17, 15) is 4.79 Å². The molecule has 0 atom stereocenters. The fraction of sp³-hybridized carbons (Fsp3) is 0.364. The van der Waals surface area contributed by atoms with Crippen LogP contribution in [0.15, 0.2) is 36.4 Å². The van der Waals surface area contributed by atoms with Gasteiger partial charge in [0, 0.05) is 41.9 Å². The van der Waals surface area contributed by atoms with E-state index in [1.165, 1.54) is 18.5 Å². The van der Waals surface area contributed by atoms with E-state index in [4.69, 9.17) is 4.98 Å². The molecule has 138 valence electrons. The van der Waals surface area contributed by atoms with Crippen LogP contribution in [0, 0.1) is 0 Å². The lowest BCUT2D eigenvalue weighted by Crippen LogP contribution is -2.32. The second-order valence-electron chi connectivity index (χ2n) is 8.35. The summed E-state index contributed by atoms with van der Waals surface area (Å²) in [6, 6.07) is 12.8. The number of nitrogens with one attached hydrogen (secondary N) is 2. The zero-order chi connectivity index (χ0) is 18.6. The molecule has 2 aliphatic rings. The minimum atomic E-state index is -0.172. The van der Waals surface area contributed by atoms with E-state index >= 15 is 0 Å². The minimum Gasteiger partial charge on any atom is -0.372 e. The fourth-order valence-corrected chi connectivity index (χ4v) is 4.35. The van der Waals surface area contributed by atoms with Gasteiger partial charge in [-0.25, -0.2) is 4.98 Å². The van der Waals surface area contributed by atoms with Crippen molar-refractivity contribution in [2.75, 3.05) is 23.3 Å². The predicted octanol–water partition coefficient (Wildman–Crippen LogP) is 4.45. The minimum absolute atomic E-state index is 0.0695. The number of amides is 1. The Balaban J connectivity index is 1.52. The van der Waals surface area contributed by atoms with Crippen LogP contribution >= 0.6 is 0 Å². The van der Waals surface area contributed by atoms with Gasteiger partial charge in [-0.2, -0.15) is 0 Å². The van der Waals surface area contributed by atoms with Crippen molar-refractivity contribution in [1.29, 1.82) is 0 Å². The number of H-pyrrole nitrogens is 1. The molecule has 1 amide bonds. The summed E-state index contributed by atoms with van der Waals surface area (Å²) in [6.45, 7) is 6.53. The summed E-state index contributed by atoms with van der Waals surface area (Å²) in [6.07, 6.45) is 3.07. The van der Waals surface area contributed by atoms with Gasteiger partial charge >= 0.3 is 0 Å². The molecule has 2 N–H and O–H groups in total. The van der Waals surface area contributed by atoms with E-state index in [1.807, 2.05) is 6.07 Å². The summed E-state index contributed by atoms with van der Waals surface area (Å²) in [5, 5.41) is 3.00. The van der Waals surface area contributed by atoms with E-state index in [2.05, 4.69) is 59.4 Å². The van der Waals surface area contributed by atoms with Crippen LogP contribution in [0.1, 0.15) is 38.7 Å². The van der Waals surface area contributed by atoms with E-state index in [0.29, 0.717) is 6.42 Å². The van der Waals surface area contributed by atoms with Gasteiger partial charge in [-0.05, 0) is 54.8 Å². The van der Waals surface area contributed by atoms with Gasteiger partial charge in [0.05, 0.1) is 11.0 Å². The van der Waals surface area contributed by atoms with Crippen molar-refractivity contribution in [2.24, 2.45) is 0 Å². The lowest BCUT2D eigenvalue weighted by atomic mass is 9.78. The van der Waals surface area contributed by atoms with Gasteiger partial charge in [0.1, 0.15) is 5.82 Å². The lowest BCUT2D eigenvalue weighted by molar-refractivity contribution is -0.117. The quantitative estimate of drug-likeness (QED) is 0.710. The molecule has 0 radical (unpaired) electrons. The molecule has 3 aromatic rings. The Labute approximate surface area is 158 Å². The molecule has 1 aromatic heterocycles. The van der Waals surface area contributed by atoms with E-state index < -0.39 is 0 Å². The molecule has 1 fully saturated rings. The summed E-state index contributed by atoms with van der Waals surface area (Å²) >= 11 is 0. The summed E-state index contributed by atoms with van der Waals surface area (Å²) in [4.78, 5) is 22.7. The highest BCUT2D eigenvalue weighted by Gasteiger charge is 2.32. The average Bonchev–Trinajstić information content (AvgIpc) is 3.29. The lowest BCUT2D eigenvalue weighted by Gasteiger charge is -2.31. The molecular weight excluding hydrogens is 336 g/mol. The van der Waals surface area contributed by atoms with Crippen LogP contribution in [-0.4, -0.2) is 29.0 Å². The third-order valence-corrected chi connectivity index (χ3v) is 5.84. The van der Waals surface area contributed by atoms with Gasteiger partial charge in [-0.3, -0.25) is 4.79 Å². The van der Waals surface area contributed by atoms with Crippen LogP contribution in [0.4, 0.5) is 11.4 Å². The molecule has 0 spiro atoms. The first-order valence-corrected chi connectivity index (χ1v) is 9.69. The summed E-state index contributed by atoms with van der Waals surface area (Å²) in [7, 11) is 0. The first-order valence-electron chi connectivity index (χ1n) is 9.69. The molecule has 1 saturated heterocycles. The highest BCUT2D eigenvalue weighted by atomic mass is 16.1. The molecule has 2 aliphatic heterocycles. The molecule has 5 nitrogen and oxygen atoms in total. The topological polar surface area (TPSA) is 61.0 Å². The smallest absolute Gasteiger partial charge is 0.225 e. The maximum Gasteiger partial charge on any atom is 0.225 e. The molecule has 2 aromatic carbocycles. The summed E-state index contributed by atoms with van der Waals surface area (Å²) in [5.41, 5.74) is 6.12. The number of aromatic amines is 1. The third-order valence-electron chi connectivity index (χ3n) is 5.84. The van der Waals surface area contributed by atoms with E-state index in [1.54, 1.807) is 0 Å². The Morgan fingerprint density at radius 3 is 2.56 bits per heavy atom. The Morgan fingerprint density at radius 2 is 1.81 bits per heavy atom. The number of nitrogens with zero attached hydrogens (tertiary/aromatic N) is 2. The molecule has 5 heteroatoms. The first kappa shape index (κ1) is 16.4. The molecule has 0 bridgehead atoms. The molecular formula is C22H24N4O. The number of benzene rings is 2. The Bertz CT molecular complexity index is 1030. The number of aromatic nitrogens is 2. The number of hydrogen-bond acceptors (Lipinski definition) is 3. The number of imidazole rings is 1. The van der Waals surface area contributed by atoms with Crippen molar-refractivity contribution in [3.05, 3.63) is 42.0 Å². The number of hydrogen-bond donors (Lipinski definition) is 2. The van der Waals surface area contributed by atoms with Crippen LogP contribution in [0.5, 0.6) is 0 Å². The van der Waals surface area contributed by atoms with Crippen molar-refractivity contribution < 1.29 is 4.79 Å². The van der Waals surface area contributed by atoms with Crippen LogP contribution in [-0.2, 0) is 10.2 Å². The predicted molar refractivity (Wildman–Crippen MR) is 109 cm³/mol. The fourth-order valence-electron chi connectivity index (χ4n) is 4.35. The average molecular weight is 360 g/mol. The molecule has 5 rings (SSSR count). The monoisotopic (exact) mass is 360 g/mol. The van der Waals surface area contributed by atoms with E-state index in [-0.39, 0.29) is 11.3 Å². The number of anilines is 2. The maximum absolute atomic E-state index is 12.0. The second kappa shape index (κ2) is 5.84. The van der Waals surface area contributed by atoms with Crippen LogP contribution in [0.2, 0.25) is 0 Å². The van der Waals surface area contributed by atoms with Gasteiger partial charge < -0.3 is 15.2 Å². The van der Waals surface area contributed by atoms with Crippen molar-refractivity contribution in [3.8, 4) is 11.4 Å². The maximum atomic E-state index is 12.0. The number of fused-ring (bicyclic) bond motifs is 2. The molecule has 0 unspecified atom stereocenters.